The Bertz CT molecular complexity index is 268. The summed E-state index contributed by atoms with van der Waals surface area (Å²) in [5, 5.41) is 0. The minimum atomic E-state index is 0.804. The minimum absolute atomic E-state index is 0.804. The van der Waals surface area contributed by atoms with E-state index in [4.69, 9.17) is 0 Å². The number of nitrogens with zero attached hydrogens (tertiary/aromatic N) is 1. The molecule has 1 atom stereocenters. The van der Waals surface area contributed by atoms with Crippen LogP contribution in [0.5, 0.6) is 0 Å². The molecule has 1 saturated heterocycles. The smallest absolute Gasteiger partial charge is 0.00675 e. The fourth-order valence-electron chi connectivity index (χ4n) is 2.24. The predicted molar refractivity (Wildman–Crippen MR) is 60.4 cm³/mol. The van der Waals surface area contributed by atoms with E-state index in [0.29, 0.717) is 0 Å². The summed E-state index contributed by atoms with van der Waals surface area (Å²) < 4.78 is 0. The summed E-state index contributed by atoms with van der Waals surface area (Å²) in [5.41, 5.74) is 1.46. The van der Waals surface area contributed by atoms with Crippen LogP contribution in [-0.4, -0.2) is 24.0 Å². The molecule has 76 valence electrons. The highest BCUT2D eigenvalue weighted by Gasteiger charge is 2.18. The Kier molecular flexibility index (Phi) is 3.20. The highest BCUT2D eigenvalue weighted by atomic mass is 15.2. The van der Waals surface area contributed by atoms with Gasteiger partial charge in [-0.3, -0.25) is 0 Å². The van der Waals surface area contributed by atoms with Crippen LogP contribution in [0.25, 0.3) is 0 Å². The van der Waals surface area contributed by atoms with Gasteiger partial charge in [-0.1, -0.05) is 30.3 Å². The summed E-state index contributed by atoms with van der Waals surface area (Å²) in [4.78, 5) is 2.60. The largest absolute Gasteiger partial charge is 0.300 e. The second-order valence-corrected chi connectivity index (χ2v) is 4.26. The Labute approximate surface area is 86.7 Å². The van der Waals surface area contributed by atoms with E-state index in [1.807, 2.05) is 0 Å². The maximum Gasteiger partial charge on any atom is 0.00675 e. The molecule has 1 heteroatoms. The van der Waals surface area contributed by atoms with Crippen LogP contribution in [0.2, 0.25) is 0 Å². The third kappa shape index (κ3) is 2.36. The van der Waals surface area contributed by atoms with Crippen LogP contribution >= 0.6 is 0 Å². The molecule has 14 heavy (non-hydrogen) atoms. The van der Waals surface area contributed by atoms with E-state index in [2.05, 4.69) is 42.2 Å². The lowest BCUT2D eigenvalue weighted by atomic mass is 10.1. The Hall–Kier alpha value is -0.820. The molecule has 1 aliphatic heterocycles. The summed E-state index contributed by atoms with van der Waals surface area (Å²) in [6.45, 7) is 4.87. The van der Waals surface area contributed by atoms with E-state index < -0.39 is 0 Å². The molecule has 1 heterocycles. The summed E-state index contributed by atoms with van der Waals surface area (Å²) in [5.74, 6) is 0. The summed E-state index contributed by atoms with van der Waals surface area (Å²) in [6.07, 6.45) is 3.97. The van der Waals surface area contributed by atoms with Gasteiger partial charge in [0.1, 0.15) is 0 Å². The lowest BCUT2D eigenvalue weighted by Crippen LogP contribution is -2.28. The maximum absolute atomic E-state index is 2.60. The summed E-state index contributed by atoms with van der Waals surface area (Å²) in [6, 6.07) is 11.6. The Morgan fingerprint density at radius 2 is 2.07 bits per heavy atom. The molecule has 0 aromatic heterocycles. The average Bonchev–Trinajstić information content (AvgIpc) is 2.63. The lowest BCUT2D eigenvalue weighted by Gasteiger charge is -2.20. The van der Waals surface area contributed by atoms with Crippen molar-refractivity contribution < 1.29 is 0 Å². The highest BCUT2D eigenvalue weighted by molar-refractivity contribution is 5.14. The van der Waals surface area contributed by atoms with Gasteiger partial charge in [-0.05, 0) is 38.3 Å². The van der Waals surface area contributed by atoms with Gasteiger partial charge >= 0.3 is 0 Å². The molecule has 0 spiro atoms. The highest BCUT2D eigenvalue weighted by Crippen LogP contribution is 2.16. The third-order valence-corrected chi connectivity index (χ3v) is 3.22. The SMILES string of the molecule is CC1CCCN1CCc1ccccc1. The summed E-state index contributed by atoms with van der Waals surface area (Å²) >= 11 is 0. The molecule has 0 saturated carbocycles. The predicted octanol–water partition coefficient (Wildman–Crippen LogP) is 2.71. The van der Waals surface area contributed by atoms with E-state index in [1.54, 1.807) is 0 Å². The summed E-state index contributed by atoms with van der Waals surface area (Å²) in [7, 11) is 0. The van der Waals surface area contributed by atoms with Crippen molar-refractivity contribution >= 4 is 0 Å². The first-order valence-corrected chi connectivity index (χ1v) is 5.64. The zero-order valence-corrected chi connectivity index (χ0v) is 8.95. The first-order chi connectivity index (χ1) is 6.86. The van der Waals surface area contributed by atoms with Crippen LogP contribution in [-0.2, 0) is 6.42 Å². The monoisotopic (exact) mass is 189 g/mol. The van der Waals surface area contributed by atoms with Gasteiger partial charge in [0.15, 0.2) is 0 Å². The molecule has 0 radical (unpaired) electrons. The molecule has 1 fully saturated rings. The second-order valence-electron chi connectivity index (χ2n) is 4.26. The number of benzene rings is 1. The van der Waals surface area contributed by atoms with Gasteiger partial charge < -0.3 is 4.90 Å². The second kappa shape index (κ2) is 4.61. The molecule has 1 aliphatic rings. The van der Waals surface area contributed by atoms with Crippen molar-refractivity contribution in [1.82, 2.24) is 4.90 Å². The van der Waals surface area contributed by atoms with Crippen LogP contribution in [0.4, 0.5) is 0 Å². The van der Waals surface area contributed by atoms with Gasteiger partial charge in [-0.15, -0.1) is 0 Å². The molecule has 1 unspecified atom stereocenters. The number of likely N-dealkylation sites (tertiary alicyclic amines) is 1. The zero-order chi connectivity index (χ0) is 9.80. The van der Waals surface area contributed by atoms with Crippen molar-refractivity contribution in [3.05, 3.63) is 35.9 Å². The van der Waals surface area contributed by atoms with Crippen molar-refractivity contribution in [2.24, 2.45) is 0 Å². The van der Waals surface area contributed by atoms with Gasteiger partial charge in [-0.25, -0.2) is 0 Å². The molecule has 1 aromatic carbocycles. The van der Waals surface area contributed by atoms with Crippen LogP contribution in [0, 0.1) is 0 Å². The zero-order valence-electron chi connectivity index (χ0n) is 8.95. The Balaban J connectivity index is 1.82. The molecule has 0 aliphatic carbocycles. The number of rotatable bonds is 3. The van der Waals surface area contributed by atoms with E-state index in [1.165, 1.54) is 37.9 Å². The van der Waals surface area contributed by atoms with Crippen molar-refractivity contribution in [2.45, 2.75) is 32.2 Å². The fraction of sp³-hybridized carbons (Fsp3) is 0.538. The molecular weight excluding hydrogens is 170 g/mol. The van der Waals surface area contributed by atoms with Crippen molar-refractivity contribution in [1.29, 1.82) is 0 Å². The van der Waals surface area contributed by atoms with Crippen molar-refractivity contribution in [3.63, 3.8) is 0 Å². The number of hydrogen-bond donors (Lipinski definition) is 0. The van der Waals surface area contributed by atoms with Gasteiger partial charge in [0.25, 0.3) is 0 Å². The molecular formula is C13H19N. The molecule has 1 aromatic rings. The first kappa shape index (κ1) is 9.72. The van der Waals surface area contributed by atoms with Crippen molar-refractivity contribution in [3.8, 4) is 0 Å². The van der Waals surface area contributed by atoms with Crippen LogP contribution in [0.15, 0.2) is 30.3 Å². The topological polar surface area (TPSA) is 3.24 Å². The first-order valence-electron chi connectivity index (χ1n) is 5.64. The van der Waals surface area contributed by atoms with Crippen LogP contribution in [0.3, 0.4) is 0 Å². The van der Waals surface area contributed by atoms with Gasteiger partial charge in [0, 0.05) is 12.6 Å². The molecule has 2 rings (SSSR count). The minimum Gasteiger partial charge on any atom is -0.300 e. The van der Waals surface area contributed by atoms with Crippen molar-refractivity contribution in [2.75, 3.05) is 13.1 Å². The van der Waals surface area contributed by atoms with E-state index in [0.717, 1.165) is 6.04 Å². The van der Waals surface area contributed by atoms with Gasteiger partial charge in [0.05, 0.1) is 0 Å². The lowest BCUT2D eigenvalue weighted by molar-refractivity contribution is 0.272. The normalized spacial score (nSPS) is 22.8. The average molecular weight is 189 g/mol. The third-order valence-electron chi connectivity index (χ3n) is 3.22. The van der Waals surface area contributed by atoms with Crippen LogP contribution in [0.1, 0.15) is 25.3 Å². The van der Waals surface area contributed by atoms with E-state index in [9.17, 15) is 0 Å². The van der Waals surface area contributed by atoms with Gasteiger partial charge in [0.2, 0.25) is 0 Å². The van der Waals surface area contributed by atoms with Crippen LogP contribution < -0.4 is 0 Å². The Morgan fingerprint density at radius 1 is 1.29 bits per heavy atom. The Morgan fingerprint density at radius 3 is 2.71 bits per heavy atom. The molecule has 0 amide bonds. The van der Waals surface area contributed by atoms with E-state index >= 15 is 0 Å². The molecule has 1 nitrogen and oxygen atoms in total. The quantitative estimate of drug-likeness (QED) is 0.706. The maximum atomic E-state index is 2.60. The standard InChI is InChI=1S/C13H19N/c1-12-6-5-10-14(12)11-9-13-7-3-2-4-8-13/h2-4,7-8,12H,5-6,9-11H2,1H3. The molecule has 0 bridgehead atoms. The van der Waals surface area contributed by atoms with Gasteiger partial charge in [-0.2, -0.15) is 0 Å². The van der Waals surface area contributed by atoms with E-state index in [-0.39, 0.29) is 0 Å². The molecule has 0 N–H and O–H groups in total. The fourth-order valence-corrected chi connectivity index (χ4v) is 2.24. The number of hydrogen-bond acceptors (Lipinski definition) is 1.